The van der Waals surface area contributed by atoms with Crippen LogP contribution in [0.15, 0.2) is 48.5 Å². The number of aryl methyl sites for hydroxylation is 1. The van der Waals surface area contributed by atoms with Crippen molar-refractivity contribution in [2.75, 3.05) is 23.4 Å². The van der Waals surface area contributed by atoms with E-state index < -0.39 is 36.2 Å². The molecule has 1 aliphatic rings. The second kappa shape index (κ2) is 10.0. The summed E-state index contributed by atoms with van der Waals surface area (Å²) < 4.78 is 48.4. The van der Waals surface area contributed by atoms with Crippen LogP contribution in [-0.4, -0.2) is 49.3 Å². The number of hydrogen-bond acceptors (Lipinski definition) is 6. The molecule has 3 N–H and O–H groups in total. The van der Waals surface area contributed by atoms with Gasteiger partial charge in [0.1, 0.15) is 0 Å². The Balaban J connectivity index is 1.86. The zero-order valence-electron chi connectivity index (χ0n) is 17.6. The van der Waals surface area contributed by atoms with Gasteiger partial charge in [0.15, 0.2) is 6.10 Å². The van der Waals surface area contributed by atoms with Crippen LogP contribution in [0.1, 0.15) is 11.1 Å². The van der Waals surface area contributed by atoms with E-state index in [0.717, 1.165) is 11.1 Å². The maximum Gasteiger partial charge on any atom is 0.490 e. The summed E-state index contributed by atoms with van der Waals surface area (Å²) >= 11 is 0. The summed E-state index contributed by atoms with van der Waals surface area (Å²) in [5, 5.41) is 2.35. The molecule has 1 fully saturated rings. The molecule has 2 atom stereocenters. The standard InChI is InChI=1S/C22H22F3N3O5/c1-13-2-8-16(9-3-13)28-10-11-32-18(20(28)30)17(33-21(31)22(23,24)25)19(29)27-15-6-4-14(12-26)5-7-15/h2-9,17-18H,10-12,26H2,1H3,(H,27,29). The Bertz CT molecular complexity index is 1010. The normalized spacial score (nSPS) is 17.4. The van der Waals surface area contributed by atoms with Crippen LogP contribution in [0, 0.1) is 6.92 Å². The first kappa shape index (κ1) is 24.2. The molecular formula is C22H22F3N3O5. The third kappa shape index (κ3) is 5.88. The molecule has 1 heterocycles. The molecule has 0 spiro atoms. The molecule has 1 saturated heterocycles. The third-order valence-corrected chi connectivity index (χ3v) is 4.92. The summed E-state index contributed by atoms with van der Waals surface area (Å²) in [4.78, 5) is 38.7. The topological polar surface area (TPSA) is 111 Å². The lowest BCUT2D eigenvalue weighted by molar-refractivity contribution is -0.210. The molecule has 0 aromatic heterocycles. The lowest BCUT2D eigenvalue weighted by Gasteiger charge is -2.35. The predicted molar refractivity (Wildman–Crippen MR) is 112 cm³/mol. The number of rotatable bonds is 6. The van der Waals surface area contributed by atoms with E-state index in [0.29, 0.717) is 5.69 Å². The van der Waals surface area contributed by atoms with Crippen LogP contribution in [0.5, 0.6) is 0 Å². The van der Waals surface area contributed by atoms with Gasteiger partial charge in [0.25, 0.3) is 11.8 Å². The number of ether oxygens (including phenoxy) is 2. The lowest BCUT2D eigenvalue weighted by atomic mass is 10.1. The molecule has 2 aromatic carbocycles. The van der Waals surface area contributed by atoms with Gasteiger partial charge in [0.2, 0.25) is 6.10 Å². The van der Waals surface area contributed by atoms with Gasteiger partial charge in [-0.1, -0.05) is 29.8 Å². The fourth-order valence-corrected chi connectivity index (χ4v) is 3.18. The van der Waals surface area contributed by atoms with Gasteiger partial charge in [-0.2, -0.15) is 13.2 Å². The number of amides is 2. The Morgan fingerprint density at radius 2 is 1.82 bits per heavy atom. The third-order valence-electron chi connectivity index (χ3n) is 4.92. The van der Waals surface area contributed by atoms with Crippen molar-refractivity contribution in [3.05, 3.63) is 59.7 Å². The Morgan fingerprint density at radius 1 is 1.18 bits per heavy atom. The molecular weight excluding hydrogens is 443 g/mol. The molecule has 2 amide bonds. The van der Waals surface area contributed by atoms with Crippen molar-refractivity contribution >= 4 is 29.2 Å². The van der Waals surface area contributed by atoms with Gasteiger partial charge >= 0.3 is 12.1 Å². The minimum absolute atomic E-state index is 0.0805. The van der Waals surface area contributed by atoms with Crippen molar-refractivity contribution in [3.63, 3.8) is 0 Å². The number of halogens is 3. The molecule has 0 saturated carbocycles. The highest BCUT2D eigenvalue weighted by Gasteiger charge is 2.48. The van der Waals surface area contributed by atoms with Crippen LogP contribution in [0.3, 0.4) is 0 Å². The van der Waals surface area contributed by atoms with E-state index in [9.17, 15) is 27.6 Å². The molecule has 0 bridgehead atoms. The van der Waals surface area contributed by atoms with Crippen molar-refractivity contribution in [3.8, 4) is 0 Å². The van der Waals surface area contributed by atoms with E-state index in [-0.39, 0.29) is 25.4 Å². The fourth-order valence-electron chi connectivity index (χ4n) is 3.18. The quantitative estimate of drug-likeness (QED) is 0.634. The monoisotopic (exact) mass is 465 g/mol. The summed E-state index contributed by atoms with van der Waals surface area (Å²) in [6, 6.07) is 13.0. The number of nitrogens with one attached hydrogen (secondary N) is 1. The summed E-state index contributed by atoms with van der Waals surface area (Å²) in [5.74, 6) is -4.55. The first-order valence-electron chi connectivity index (χ1n) is 9.97. The van der Waals surface area contributed by atoms with Gasteiger partial charge in [-0.15, -0.1) is 0 Å². The molecule has 2 aromatic rings. The first-order chi connectivity index (χ1) is 15.6. The SMILES string of the molecule is Cc1ccc(N2CCOC(C(OC(=O)C(F)(F)F)C(=O)Nc3ccc(CN)cc3)C2=O)cc1. The molecule has 3 rings (SSSR count). The lowest BCUT2D eigenvalue weighted by Crippen LogP contribution is -2.57. The zero-order chi connectivity index (χ0) is 24.2. The molecule has 2 unspecified atom stereocenters. The number of nitrogens with zero attached hydrogens (tertiary/aromatic N) is 1. The smallest absolute Gasteiger partial charge is 0.442 e. The van der Waals surface area contributed by atoms with Crippen molar-refractivity contribution in [2.45, 2.75) is 31.9 Å². The molecule has 8 nitrogen and oxygen atoms in total. The summed E-state index contributed by atoms with van der Waals surface area (Å²) in [6.07, 6.45) is -9.31. The van der Waals surface area contributed by atoms with E-state index in [4.69, 9.17) is 10.5 Å². The highest BCUT2D eigenvalue weighted by Crippen LogP contribution is 2.25. The number of carbonyl (C=O) groups is 3. The van der Waals surface area contributed by atoms with Crippen molar-refractivity contribution in [2.24, 2.45) is 5.73 Å². The van der Waals surface area contributed by atoms with Crippen LogP contribution in [-0.2, 0) is 30.4 Å². The summed E-state index contributed by atoms with van der Waals surface area (Å²) in [7, 11) is 0. The van der Waals surface area contributed by atoms with Crippen LogP contribution < -0.4 is 16.0 Å². The second-order valence-corrected chi connectivity index (χ2v) is 7.33. The molecule has 11 heteroatoms. The van der Waals surface area contributed by atoms with Crippen LogP contribution in [0.4, 0.5) is 24.5 Å². The number of nitrogens with two attached hydrogens (primary N) is 1. The number of carbonyl (C=O) groups excluding carboxylic acids is 3. The summed E-state index contributed by atoms with van der Waals surface area (Å²) in [6.45, 7) is 2.13. The molecule has 0 radical (unpaired) electrons. The number of morpholine rings is 1. The van der Waals surface area contributed by atoms with E-state index >= 15 is 0 Å². The van der Waals surface area contributed by atoms with Crippen molar-refractivity contribution in [1.29, 1.82) is 0 Å². The zero-order valence-corrected chi connectivity index (χ0v) is 17.6. The average molecular weight is 465 g/mol. The minimum Gasteiger partial charge on any atom is -0.442 e. The average Bonchev–Trinajstić information content (AvgIpc) is 2.78. The van der Waals surface area contributed by atoms with Gasteiger partial charge in [-0.05, 0) is 36.8 Å². The Kier molecular flexibility index (Phi) is 7.34. The Labute approximate surface area is 187 Å². The molecule has 176 valence electrons. The Morgan fingerprint density at radius 3 is 2.39 bits per heavy atom. The minimum atomic E-state index is -5.37. The Hall–Kier alpha value is -3.44. The maximum absolute atomic E-state index is 13.1. The highest BCUT2D eigenvalue weighted by molar-refractivity contribution is 6.04. The van der Waals surface area contributed by atoms with Gasteiger partial charge in [-0.25, -0.2) is 4.79 Å². The number of anilines is 2. The van der Waals surface area contributed by atoms with E-state index in [1.165, 1.54) is 17.0 Å². The number of esters is 1. The number of hydrogen-bond donors (Lipinski definition) is 2. The van der Waals surface area contributed by atoms with Crippen molar-refractivity contribution < 1.29 is 37.0 Å². The second-order valence-electron chi connectivity index (χ2n) is 7.33. The maximum atomic E-state index is 13.1. The van der Waals surface area contributed by atoms with E-state index in [2.05, 4.69) is 10.1 Å². The highest BCUT2D eigenvalue weighted by atomic mass is 19.4. The number of alkyl halides is 3. The first-order valence-corrected chi connectivity index (χ1v) is 9.97. The molecule has 0 aliphatic carbocycles. The predicted octanol–water partition coefficient (Wildman–Crippen LogP) is 2.30. The molecule has 33 heavy (non-hydrogen) atoms. The van der Waals surface area contributed by atoms with E-state index in [1.54, 1.807) is 36.4 Å². The van der Waals surface area contributed by atoms with Gasteiger partial charge in [0, 0.05) is 24.5 Å². The van der Waals surface area contributed by atoms with Gasteiger partial charge in [0.05, 0.1) is 6.61 Å². The number of benzene rings is 2. The van der Waals surface area contributed by atoms with E-state index in [1.807, 2.05) is 6.92 Å². The largest absolute Gasteiger partial charge is 0.490 e. The van der Waals surface area contributed by atoms with Crippen LogP contribution in [0.25, 0.3) is 0 Å². The van der Waals surface area contributed by atoms with Gasteiger partial charge in [-0.3, -0.25) is 9.59 Å². The summed E-state index contributed by atoms with van der Waals surface area (Å²) in [5.41, 5.74) is 7.89. The fraction of sp³-hybridized carbons (Fsp3) is 0.318. The van der Waals surface area contributed by atoms with Crippen LogP contribution in [0.2, 0.25) is 0 Å². The van der Waals surface area contributed by atoms with Crippen LogP contribution >= 0.6 is 0 Å². The molecule has 1 aliphatic heterocycles. The van der Waals surface area contributed by atoms with Crippen molar-refractivity contribution in [1.82, 2.24) is 0 Å². The van der Waals surface area contributed by atoms with Gasteiger partial charge < -0.3 is 25.4 Å².